The Bertz CT molecular complexity index is 1110. The first kappa shape index (κ1) is 21.6. The number of carbonyl (C=O) groups excluding carboxylic acids is 1. The van der Waals surface area contributed by atoms with Gasteiger partial charge in [-0.25, -0.2) is 5.10 Å². The molecule has 7 nitrogen and oxygen atoms in total. The number of hydrogen-bond acceptors (Lipinski definition) is 4. The Kier molecular flexibility index (Phi) is 6.41. The molecule has 1 aliphatic heterocycles. The Morgan fingerprint density at radius 3 is 2.71 bits per heavy atom. The lowest BCUT2D eigenvalue weighted by Gasteiger charge is -2.35. The number of likely N-dealkylation sites (tertiary alicyclic amines) is 1. The van der Waals surface area contributed by atoms with Gasteiger partial charge in [-0.05, 0) is 43.7 Å². The predicted molar refractivity (Wildman–Crippen MR) is 124 cm³/mol. The molecule has 1 amide bonds. The van der Waals surface area contributed by atoms with Crippen LogP contribution in [0.15, 0.2) is 35.3 Å². The van der Waals surface area contributed by atoms with Crippen LogP contribution >= 0.6 is 0 Å². The van der Waals surface area contributed by atoms with E-state index >= 15 is 0 Å². The molecule has 2 N–H and O–H groups in total. The van der Waals surface area contributed by atoms with Crippen molar-refractivity contribution in [2.45, 2.75) is 46.1 Å². The highest BCUT2D eigenvalue weighted by atomic mass is 16.2. The zero-order valence-corrected chi connectivity index (χ0v) is 18.7. The number of nitrogens with one attached hydrogen (secondary N) is 2. The van der Waals surface area contributed by atoms with Crippen LogP contribution in [0.3, 0.4) is 0 Å². The SMILES string of the molecule is CC[C@@H](C(=O)NCCCN1C[C@H](C)C[C@H](C)C1)n1c2ccccc2c2cn[nH]c(=O)c21. The maximum absolute atomic E-state index is 13.2. The normalized spacial score (nSPS) is 20.9. The third kappa shape index (κ3) is 4.37. The number of hydrogen-bond donors (Lipinski definition) is 2. The lowest BCUT2D eigenvalue weighted by atomic mass is 9.92. The van der Waals surface area contributed by atoms with Crippen molar-refractivity contribution in [3.8, 4) is 0 Å². The largest absolute Gasteiger partial charge is 0.354 e. The van der Waals surface area contributed by atoms with Crippen molar-refractivity contribution >= 4 is 27.7 Å². The summed E-state index contributed by atoms with van der Waals surface area (Å²) in [4.78, 5) is 28.3. The predicted octanol–water partition coefficient (Wildman–Crippen LogP) is 3.31. The summed E-state index contributed by atoms with van der Waals surface area (Å²) < 4.78 is 1.88. The zero-order chi connectivity index (χ0) is 22.0. The van der Waals surface area contributed by atoms with Gasteiger partial charge in [0.05, 0.1) is 11.7 Å². The van der Waals surface area contributed by atoms with Gasteiger partial charge in [0.15, 0.2) is 0 Å². The molecule has 2 aromatic heterocycles. The topological polar surface area (TPSA) is 83.0 Å². The van der Waals surface area contributed by atoms with Gasteiger partial charge in [0.25, 0.3) is 5.56 Å². The molecule has 0 bridgehead atoms. The van der Waals surface area contributed by atoms with E-state index in [1.807, 2.05) is 35.8 Å². The quantitative estimate of drug-likeness (QED) is 0.571. The molecule has 31 heavy (non-hydrogen) atoms. The molecule has 3 heterocycles. The number of fused-ring (bicyclic) bond motifs is 3. The van der Waals surface area contributed by atoms with Gasteiger partial charge in [-0.1, -0.05) is 39.0 Å². The third-order valence-electron chi connectivity index (χ3n) is 6.42. The van der Waals surface area contributed by atoms with Crippen molar-refractivity contribution in [3.63, 3.8) is 0 Å². The number of para-hydroxylation sites is 1. The Labute approximate surface area is 182 Å². The van der Waals surface area contributed by atoms with Crippen LogP contribution < -0.4 is 10.9 Å². The molecule has 1 aromatic carbocycles. The molecule has 166 valence electrons. The van der Waals surface area contributed by atoms with Gasteiger partial charge >= 0.3 is 0 Å². The molecule has 1 fully saturated rings. The van der Waals surface area contributed by atoms with E-state index < -0.39 is 6.04 Å². The van der Waals surface area contributed by atoms with Crippen LogP contribution in [-0.2, 0) is 4.79 Å². The van der Waals surface area contributed by atoms with Crippen molar-refractivity contribution in [1.82, 2.24) is 25.0 Å². The van der Waals surface area contributed by atoms with Gasteiger partial charge in [0.2, 0.25) is 5.91 Å². The van der Waals surface area contributed by atoms with Crippen molar-refractivity contribution < 1.29 is 4.79 Å². The first-order chi connectivity index (χ1) is 15.0. The van der Waals surface area contributed by atoms with E-state index in [0.717, 1.165) is 54.2 Å². The van der Waals surface area contributed by atoms with Gasteiger partial charge in [-0.2, -0.15) is 5.10 Å². The fourth-order valence-corrected chi connectivity index (χ4v) is 5.28. The molecule has 3 aromatic rings. The summed E-state index contributed by atoms with van der Waals surface area (Å²) in [6.07, 6.45) is 4.50. The summed E-state index contributed by atoms with van der Waals surface area (Å²) in [5, 5.41) is 11.3. The lowest BCUT2D eigenvalue weighted by molar-refractivity contribution is -0.124. The van der Waals surface area contributed by atoms with E-state index in [1.165, 1.54) is 6.42 Å². The first-order valence-corrected chi connectivity index (χ1v) is 11.5. The Hall–Kier alpha value is -2.67. The molecule has 1 aliphatic rings. The number of aromatic nitrogens is 3. The fourth-order valence-electron chi connectivity index (χ4n) is 5.28. The molecule has 0 aliphatic carbocycles. The number of rotatable bonds is 7. The third-order valence-corrected chi connectivity index (χ3v) is 6.42. The maximum atomic E-state index is 13.2. The minimum absolute atomic E-state index is 0.0401. The number of carbonyl (C=O) groups is 1. The molecule has 1 saturated heterocycles. The number of H-pyrrole nitrogens is 1. The molecule has 3 atom stereocenters. The van der Waals surface area contributed by atoms with Gasteiger partial charge in [-0.15, -0.1) is 0 Å². The summed E-state index contributed by atoms with van der Waals surface area (Å²) in [5.74, 6) is 1.44. The van der Waals surface area contributed by atoms with E-state index in [-0.39, 0.29) is 11.5 Å². The highest BCUT2D eigenvalue weighted by Gasteiger charge is 2.25. The van der Waals surface area contributed by atoms with Gasteiger partial charge in [0, 0.05) is 30.4 Å². The highest BCUT2D eigenvalue weighted by molar-refractivity contribution is 6.08. The van der Waals surface area contributed by atoms with Gasteiger partial charge in [0.1, 0.15) is 11.6 Å². The molecule has 0 radical (unpaired) electrons. The summed E-state index contributed by atoms with van der Waals surface area (Å²) >= 11 is 0. The molecule has 0 saturated carbocycles. The van der Waals surface area contributed by atoms with Crippen molar-refractivity contribution in [3.05, 3.63) is 40.8 Å². The average molecular weight is 424 g/mol. The minimum atomic E-state index is -0.444. The Morgan fingerprint density at radius 1 is 1.23 bits per heavy atom. The number of benzene rings is 1. The lowest BCUT2D eigenvalue weighted by Crippen LogP contribution is -2.40. The van der Waals surface area contributed by atoms with Gasteiger partial charge in [-0.3, -0.25) is 9.59 Å². The molecular weight excluding hydrogens is 390 g/mol. The number of aromatic amines is 1. The maximum Gasteiger partial charge on any atom is 0.288 e. The summed E-state index contributed by atoms with van der Waals surface area (Å²) in [7, 11) is 0. The van der Waals surface area contributed by atoms with Crippen LogP contribution in [0.5, 0.6) is 0 Å². The van der Waals surface area contributed by atoms with Crippen LogP contribution in [0.4, 0.5) is 0 Å². The second-order valence-corrected chi connectivity index (χ2v) is 9.12. The van der Waals surface area contributed by atoms with Crippen LogP contribution in [0.25, 0.3) is 21.8 Å². The average Bonchev–Trinajstić information content (AvgIpc) is 3.07. The van der Waals surface area contributed by atoms with Crippen molar-refractivity contribution in [1.29, 1.82) is 0 Å². The van der Waals surface area contributed by atoms with E-state index in [9.17, 15) is 9.59 Å². The minimum Gasteiger partial charge on any atom is -0.354 e. The van der Waals surface area contributed by atoms with Crippen LogP contribution in [0.2, 0.25) is 0 Å². The second-order valence-electron chi connectivity index (χ2n) is 9.12. The van der Waals surface area contributed by atoms with Crippen molar-refractivity contribution in [2.24, 2.45) is 11.8 Å². The first-order valence-electron chi connectivity index (χ1n) is 11.5. The summed E-state index contributed by atoms with van der Waals surface area (Å²) in [6.45, 7) is 10.6. The summed E-state index contributed by atoms with van der Waals surface area (Å²) in [5.41, 5.74) is 1.12. The monoisotopic (exact) mass is 423 g/mol. The van der Waals surface area contributed by atoms with E-state index in [1.54, 1.807) is 6.20 Å². The van der Waals surface area contributed by atoms with E-state index in [4.69, 9.17) is 0 Å². The number of amides is 1. The highest BCUT2D eigenvalue weighted by Crippen LogP contribution is 2.30. The van der Waals surface area contributed by atoms with E-state index in [2.05, 4.69) is 34.3 Å². The molecule has 4 rings (SSSR count). The van der Waals surface area contributed by atoms with Crippen LogP contribution in [0.1, 0.15) is 46.1 Å². The van der Waals surface area contributed by atoms with Crippen LogP contribution in [-0.4, -0.2) is 51.8 Å². The standard InChI is InChI=1S/C24H33N5O2/c1-4-20(23(30)25-10-7-11-28-14-16(2)12-17(3)15-28)29-21-9-6-5-8-18(21)19-13-26-27-24(31)22(19)29/h5-6,8-9,13,16-17,20H,4,7,10-12,14-15H2,1-3H3,(H,25,30)(H,27,31)/t16-,17+,20-/m0/s1. The smallest absolute Gasteiger partial charge is 0.288 e. The molecular formula is C24H33N5O2. The Balaban J connectivity index is 1.49. The van der Waals surface area contributed by atoms with Gasteiger partial charge < -0.3 is 14.8 Å². The molecule has 0 unspecified atom stereocenters. The molecule has 7 heteroatoms. The number of nitrogens with zero attached hydrogens (tertiary/aromatic N) is 3. The van der Waals surface area contributed by atoms with Crippen molar-refractivity contribution in [2.75, 3.05) is 26.2 Å². The van der Waals surface area contributed by atoms with Crippen LogP contribution in [0, 0.1) is 11.8 Å². The zero-order valence-electron chi connectivity index (χ0n) is 18.7. The molecule has 0 spiro atoms. The van der Waals surface area contributed by atoms with E-state index in [0.29, 0.717) is 18.5 Å². The Morgan fingerprint density at radius 2 is 1.97 bits per heavy atom. The number of piperidine rings is 1. The second kappa shape index (κ2) is 9.22. The fraction of sp³-hybridized carbons (Fsp3) is 0.542. The summed E-state index contributed by atoms with van der Waals surface area (Å²) in [6, 6.07) is 7.37.